The summed E-state index contributed by atoms with van der Waals surface area (Å²) in [5.74, 6) is -0.452. The highest BCUT2D eigenvalue weighted by Gasteiger charge is 2.30. The first-order valence-electron chi connectivity index (χ1n) is 10.4. The number of non-ortho nitro benzene ring substituents is 1. The predicted molar refractivity (Wildman–Crippen MR) is 124 cm³/mol. The topological polar surface area (TPSA) is 119 Å². The fourth-order valence-corrected chi connectivity index (χ4v) is 4.25. The lowest BCUT2D eigenvalue weighted by molar-refractivity contribution is -0.384. The van der Waals surface area contributed by atoms with Crippen molar-refractivity contribution in [2.75, 3.05) is 38.2 Å². The average molecular weight is 485 g/mol. The van der Waals surface area contributed by atoms with E-state index < -0.39 is 10.9 Å². The molecule has 0 spiro atoms. The molecule has 4 rings (SSSR count). The number of nitro groups is 1. The maximum Gasteiger partial charge on any atom is 0.338 e. The second-order valence-electron chi connectivity index (χ2n) is 7.67. The molecule has 0 radical (unpaired) electrons. The van der Waals surface area contributed by atoms with E-state index in [9.17, 15) is 19.7 Å². The summed E-state index contributed by atoms with van der Waals surface area (Å²) in [7, 11) is 1.29. The molecular weight excluding hydrogens is 464 g/mol. The molecule has 0 bridgehead atoms. The van der Waals surface area contributed by atoms with Crippen molar-refractivity contribution < 1.29 is 23.8 Å². The number of carbonyl (C=O) groups excluding carboxylic acids is 2. The quantitative estimate of drug-likeness (QED) is 0.303. The lowest BCUT2D eigenvalue weighted by Gasteiger charge is -2.36. The maximum atomic E-state index is 13.4. The minimum absolute atomic E-state index is 0.0785. The van der Waals surface area contributed by atoms with Crippen LogP contribution in [0.5, 0.6) is 0 Å². The lowest BCUT2D eigenvalue weighted by atomic mass is 9.99. The lowest BCUT2D eigenvalue weighted by Crippen LogP contribution is -2.49. The van der Waals surface area contributed by atoms with Gasteiger partial charge in [0.05, 0.1) is 28.3 Å². The zero-order valence-electron chi connectivity index (χ0n) is 18.5. The van der Waals surface area contributed by atoms with Crippen LogP contribution in [0, 0.1) is 17.0 Å². The molecule has 1 saturated heterocycles. The third-order valence-corrected chi connectivity index (χ3v) is 6.02. The first-order chi connectivity index (χ1) is 16.3. The number of aryl methyl sites for hydroxylation is 1. The number of amides is 1. The Morgan fingerprint density at radius 3 is 2.50 bits per heavy atom. The molecule has 176 valence electrons. The highest BCUT2D eigenvalue weighted by molar-refractivity contribution is 6.33. The number of nitrogens with zero attached hydrogens (tertiary/aromatic N) is 4. The van der Waals surface area contributed by atoms with Gasteiger partial charge in [-0.2, -0.15) is 0 Å². The highest BCUT2D eigenvalue weighted by atomic mass is 35.5. The molecule has 0 saturated carbocycles. The van der Waals surface area contributed by atoms with Crippen LogP contribution in [-0.4, -0.2) is 60.1 Å². The zero-order chi connectivity index (χ0) is 24.4. The molecular formula is C23H21ClN4O6. The molecule has 1 aliphatic rings. The summed E-state index contributed by atoms with van der Waals surface area (Å²) in [6, 6.07) is 11.1. The first-order valence-corrected chi connectivity index (χ1v) is 10.8. The van der Waals surface area contributed by atoms with Gasteiger partial charge in [-0.05, 0) is 19.1 Å². The van der Waals surface area contributed by atoms with Crippen molar-refractivity contribution in [3.63, 3.8) is 0 Å². The van der Waals surface area contributed by atoms with Gasteiger partial charge in [0, 0.05) is 43.9 Å². The number of carbonyl (C=O) groups is 2. The average Bonchev–Trinajstić information content (AvgIpc) is 3.24. The summed E-state index contributed by atoms with van der Waals surface area (Å²) in [4.78, 5) is 39.8. The van der Waals surface area contributed by atoms with Crippen LogP contribution >= 0.6 is 11.6 Å². The molecule has 2 aromatic carbocycles. The number of aromatic nitrogens is 1. The minimum atomic E-state index is -0.539. The van der Waals surface area contributed by atoms with Gasteiger partial charge in [-0.15, -0.1) is 0 Å². The molecule has 1 fully saturated rings. The largest absolute Gasteiger partial charge is 0.465 e. The third kappa shape index (κ3) is 4.32. The second kappa shape index (κ2) is 9.52. The van der Waals surface area contributed by atoms with Crippen molar-refractivity contribution in [1.29, 1.82) is 0 Å². The van der Waals surface area contributed by atoms with Crippen molar-refractivity contribution in [2.45, 2.75) is 6.92 Å². The zero-order valence-corrected chi connectivity index (χ0v) is 19.2. The number of methoxy groups -OCH3 is 1. The summed E-state index contributed by atoms with van der Waals surface area (Å²) in [5, 5.41) is 15.3. The van der Waals surface area contributed by atoms with Crippen molar-refractivity contribution in [3.8, 4) is 11.3 Å². The molecule has 2 heterocycles. The van der Waals surface area contributed by atoms with Crippen LogP contribution in [0.2, 0.25) is 5.02 Å². The van der Waals surface area contributed by atoms with E-state index in [0.717, 1.165) is 0 Å². The standard InChI is InChI=1S/C23H21ClN4O6/c1-14-20(21(25-34-14)16-5-3-4-6-17(16)23(30)33-2)22(29)27-11-9-26(10-12-27)19-8-7-15(28(31)32)13-18(19)24/h3-8,13H,9-12H2,1-2H3. The Labute approximate surface area is 199 Å². The number of piperazine rings is 1. The Hall–Kier alpha value is -3.92. The number of rotatable bonds is 5. The number of hydrogen-bond donors (Lipinski definition) is 0. The fraction of sp³-hybridized carbons (Fsp3) is 0.261. The number of anilines is 1. The molecule has 1 amide bonds. The van der Waals surface area contributed by atoms with Gasteiger partial charge in [-0.1, -0.05) is 35.0 Å². The van der Waals surface area contributed by atoms with Gasteiger partial charge < -0.3 is 19.1 Å². The van der Waals surface area contributed by atoms with Crippen LogP contribution in [0.3, 0.4) is 0 Å². The predicted octanol–water partition coefficient (Wildman–Crippen LogP) is 3.96. The number of halogens is 1. The normalized spacial score (nSPS) is 13.6. The number of nitro benzene ring substituents is 1. The van der Waals surface area contributed by atoms with Gasteiger partial charge in [-0.25, -0.2) is 4.79 Å². The van der Waals surface area contributed by atoms with Gasteiger partial charge in [0.1, 0.15) is 17.0 Å². The number of benzene rings is 2. The van der Waals surface area contributed by atoms with E-state index in [4.69, 9.17) is 20.9 Å². The molecule has 10 nitrogen and oxygen atoms in total. The Balaban J connectivity index is 1.55. The van der Waals surface area contributed by atoms with E-state index >= 15 is 0 Å². The number of hydrogen-bond acceptors (Lipinski definition) is 8. The molecule has 3 aromatic rings. The van der Waals surface area contributed by atoms with Gasteiger partial charge in [0.15, 0.2) is 0 Å². The Kier molecular flexibility index (Phi) is 6.51. The van der Waals surface area contributed by atoms with Crippen LogP contribution in [0.25, 0.3) is 11.3 Å². The molecule has 0 N–H and O–H groups in total. The van der Waals surface area contributed by atoms with E-state index in [0.29, 0.717) is 43.2 Å². The van der Waals surface area contributed by atoms with Gasteiger partial charge >= 0.3 is 5.97 Å². The minimum Gasteiger partial charge on any atom is -0.465 e. The maximum absolute atomic E-state index is 13.4. The highest BCUT2D eigenvalue weighted by Crippen LogP contribution is 2.32. The van der Waals surface area contributed by atoms with Crippen molar-refractivity contribution in [1.82, 2.24) is 10.1 Å². The van der Waals surface area contributed by atoms with E-state index in [1.165, 1.54) is 19.2 Å². The molecule has 1 aromatic heterocycles. The van der Waals surface area contributed by atoms with Gasteiger partial charge in [0.25, 0.3) is 11.6 Å². The van der Waals surface area contributed by atoms with Crippen molar-refractivity contribution in [3.05, 3.63) is 74.5 Å². The molecule has 11 heteroatoms. The fourth-order valence-electron chi connectivity index (χ4n) is 3.96. The Morgan fingerprint density at radius 2 is 1.85 bits per heavy atom. The van der Waals surface area contributed by atoms with Crippen molar-refractivity contribution >= 4 is 34.9 Å². The summed E-state index contributed by atoms with van der Waals surface area (Å²) in [5.41, 5.74) is 1.90. The SMILES string of the molecule is COC(=O)c1ccccc1-c1noc(C)c1C(=O)N1CCN(c2ccc([N+](=O)[O-])cc2Cl)CC1. The summed E-state index contributed by atoms with van der Waals surface area (Å²) < 4.78 is 10.2. The van der Waals surface area contributed by atoms with Gasteiger partial charge in [-0.3, -0.25) is 14.9 Å². The second-order valence-corrected chi connectivity index (χ2v) is 8.08. The van der Waals surface area contributed by atoms with E-state index in [1.54, 1.807) is 42.2 Å². The van der Waals surface area contributed by atoms with Crippen molar-refractivity contribution in [2.24, 2.45) is 0 Å². The van der Waals surface area contributed by atoms with Gasteiger partial charge in [0.2, 0.25) is 0 Å². The molecule has 34 heavy (non-hydrogen) atoms. The van der Waals surface area contributed by atoms with Crippen LogP contribution in [0.15, 0.2) is 47.0 Å². The monoisotopic (exact) mass is 484 g/mol. The first kappa shape index (κ1) is 23.2. The molecule has 1 aliphatic heterocycles. The van der Waals surface area contributed by atoms with E-state index in [-0.39, 0.29) is 33.4 Å². The smallest absolute Gasteiger partial charge is 0.338 e. The third-order valence-electron chi connectivity index (χ3n) is 5.71. The molecule has 0 aliphatic carbocycles. The van der Waals surface area contributed by atoms with E-state index in [1.807, 2.05) is 4.90 Å². The van der Waals surface area contributed by atoms with Crippen LogP contribution < -0.4 is 4.90 Å². The molecule has 0 atom stereocenters. The van der Waals surface area contributed by atoms with E-state index in [2.05, 4.69) is 5.16 Å². The van der Waals surface area contributed by atoms with Crippen LogP contribution in [-0.2, 0) is 4.74 Å². The Bertz CT molecular complexity index is 1270. The number of ether oxygens (including phenoxy) is 1. The number of esters is 1. The summed E-state index contributed by atoms with van der Waals surface area (Å²) in [6.07, 6.45) is 0. The Morgan fingerprint density at radius 1 is 1.15 bits per heavy atom. The summed E-state index contributed by atoms with van der Waals surface area (Å²) >= 11 is 6.26. The van der Waals surface area contributed by atoms with Crippen LogP contribution in [0.4, 0.5) is 11.4 Å². The molecule has 0 unspecified atom stereocenters. The summed E-state index contributed by atoms with van der Waals surface area (Å²) in [6.45, 7) is 3.42. The van der Waals surface area contributed by atoms with Crippen LogP contribution in [0.1, 0.15) is 26.5 Å².